The lowest BCUT2D eigenvalue weighted by atomic mass is 10.1. The molecule has 6 nitrogen and oxygen atoms in total. The highest BCUT2D eigenvalue weighted by Gasteiger charge is 2.29. The third-order valence-corrected chi connectivity index (χ3v) is 6.43. The molecule has 2 aromatic heterocycles. The molecule has 1 fully saturated rings. The number of nitrogens with zero attached hydrogens (tertiary/aromatic N) is 2. The Hall–Kier alpha value is -2.90. The average Bonchev–Trinajstić information content (AvgIpc) is 3.54. The van der Waals surface area contributed by atoms with E-state index in [1.807, 2.05) is 12.1 Å². The van der Waals surface area contributed by atoms with Crippen molar-refractivity contribution >= 4 is 28.8 Å². The number of likely N-dealkylation sites (tertiary alicyclic amines) is 1. The van der Waals surface area contributed by atoms with Crippen molar-refractivity contribution in [2.24, 2.45) is 0 Å². The number of furan rings is 1. The van der Waals surface area contributed by atoms with Crippen LogP contribution in [0.15, 0.2) is 64.6 Å². The Labute approximate surface area is 180 Å². The van der Waals surface area contributed by atoms with Crippen molar-refractivity contribution in [3.05, 3.63) is 76.4 Å². The molecule has 0 spiro atoms. The Balaban J connectivity index is 1.44. The number of thiophene rings is 1. The summed E-state index contributed by atoms with van der Waals surface area (Å²) >= 11 is 1.74. The van der Waals surface area contributed by atoms with E-state index >= 15 is 0 Å². The molecule has 1 atom stereocenters. The van der Waals surface area contributed by atoms with Crippen LogP contribution in [0.1, 0.15) is 39.9 Å². The van der Waals surface area contributed by atoms with Crippen LogP contribution in [0.3, 0.4) is 0 Å². The SMILES string of the molecule is CN(C(=O)CN1CCC[C@H]1c1cccs1)c1ccccc1C(=O)NCc1ccco1. The van der Waals surface area contributed by atoms with Crippen molar-refractivity contribution in [1.29, 1.82) is 0 Å². The molecule has 1 aliphatic rings. The van der Waals surface area contributed by atoms with Gasteiger partial charge in [-0.3, -0.25) is 14.5 Å². The standard InChI is InChI=1S/C23H25N3O3S/c1-25(22(27)16-26-12-4-10-20(26)21-11-6-14-30-21)19-9-3-2-8-18(19)23(28)24-15-17-7-5-13-29-17/h2-3,5-9,11,13-14,20H,4,10,12,15-16H2,1H3,(H,24,28)/t20-/m0/s1. The van der Waals surface area contributed by atoms with Gasteiger partial charge in [0.25, 0.3) is 5.91 Å². The maximum atomic E-state index is 13.1. The fraction of sp³-hybridized carbons (Fsp3) is 0.304. The molecule has 0 aliphatic carbocycles. The molecular formula is C23H25N3O3S. The molecule has 1 N–H and O–H groups in total. The first-order chi connectivity index (χ1) is 14.6. The van der Waals surface area contributed by atoms with Gasteiger partial charge in [0.15, 0.2) is 0 Å². The summed E-state index contributed by atoms with van der Waals surface area (Å²) in [4.78, 5) is 31.0. The lowest BCUT2D eigenvalue weighted by Crippen LogP contribution is -2.39. The molecule has 0 unspecified atom stereocenters. The molecular weight excluding hydrogens is 398 g/mol. The molecule has 0 saturated carbocycles. The van der Waals surface area contributed by atoms with Crippen molar-refractivity contribution < 1.29 is 14.0 Å². The van der Waals surface area contributed by atoms with Crippen LogP contribution in [0.5, 0.6) is 0 Å². The second-order valence-corrected chi connectivity index (χ2v) is 8.36. The number of anilines is 1. The Kier molecular flexibility index (Phi) is 6.30. The summed E-state index contributed by atoms with van der Waals surface area (Å²) in [6, 6.07) is 15.3. The summed E-state index contributed by atoms with van der Waals surface area (Å²) in [6.45, 7) is 1.54. The van der Waals surface area contributed by atoms with E-state index in [1.54, 1.807) is 53.8 Å². The van der Waals surface area contributed by atoms with Crippen LogP contribution in [-0.4, -0.2) is 36.9 Å². The van der Waals surface area contributed by atoms with Crippen LogP contribution >= 0.6 is 11.3 Å². The van der Waals surface area contributed by atoms with Crippen LogP contribution in [-0.2, 0) is 11.3 Å². The second kappa shape index (κ2) is 9.28. The Morgan fingerprint density at radius 1 is 1.20 bits per heavy atom. The van der Waals surface area contributed by atoms with E-state index in [-0.39, 0.29) is 11.8 Å². The zero-order chi connectivity index (χ0) is 20.9. The van der Waals surface area contributed by atoms with E-state index in [9.17, 15) is 9.59 Å². The molecule has 3 aromatic rings. The second-order valence-electron chi connectivity index (χ2n) is 7.38. The first-order valence-corrected chi connectivity index (χ1v) is 10.9. The predicted molar refractivity (Wildman–Crippen MR) is 118 cm³/mol. The normalized spacial score (nSPS) is 16.5. The minimum Gasteiger partial charge on any atom is -0.467 e. The summed E-state index contributed by atoms with van der Waals surface area (Å²) < 4.78 is 5.27. The van der Waals surface area contributed by atoms with Gasteiger partial charge >= 0.3 is 0 Å². The van der Waals surface area contributed by atoms with Crippen LogP contribution in [0.25, 0.3) is 0 Å². The number of likely N-dealkylation sites (N-methyl/N-ethyl adjacent to an activating group) is 1. The summed E-state index contributed by atoms with van der Waals surface area (Å²) in [5.41, 5.74) is 1.07. The van der Waals surface area contributed by atoms with Gasteiger partial charge in [0, 0.05) is 18.0 Å². The van der Waals surface area contributed by atoms with Gasteiger partial charge in [-0.1, -0.05) is 18.2 Å². The summed E-state index contributed by atoms with van der Waals surface area (Å²) in [5.74, 6) is 0.419. The summed E-state index contributed by atoms with van der Waals surface area (Å²) in [5, 5.41) is 4.94. The van der Waals surface area contributed by atoms with E-state index < -0.39 is 0 Å². The highest BCUT2D eigenvalue weighted by atomic mass is 32.1. The summed E-state index contributed by atoms with van der Waals surface area (Å²) in [7, 11) is 1.73. The number of rotatable bonds is 7. The average molecular weight is 424 g/mol. The number of carbonyl (C=O) groups is 2. The van der Waals surface area contributed by atoms with Crippen molar-refractivity contribution in [3.8, 4) is 0 Å². The highest BCUT2D eigenvalue weighted by Crippen LogP contribution is 2.34. The van der Waals surface area contributed by atoms with Crippen molar-refractivity contribution in [2.75, 3.05) is 25.0 Å². The van der Waals surface area contributed by atoms with E-state index in [0.717, 1.165) is 19.4 Å². The predicted octanol–water partition coefficient (Wildman–Crippen LogP) is 4.07. The lowest BCUT2D eigenvalue weighted by molar-refractivity contribution is -0.119. The quantitative estimate of drug-likeness (QED) is 0.622. The number of hydrogen-bond donors (Lipinski definition) is 1. The van der Waals surface area contributed by atoms with E-state index in [4.69, 9.17) is 4.42 Å². The fourth-order valence-electron chi connectivity index (χ4n) is 3.87. The van der Waals surface area contributed by atoms with Crippen molar-refractivity contribution in [3.63, 3.8) is 0 Å². The first-order valence-electron chi connectivity index (χ1n) is 10.1. The maximum Gasteiger partial charge on any atom is 0.253 e. The Bertz CT molecular complexity index is 985. The Morgan fingerprint density at radius 3 is 2.83 bits per heavy atom. The molecule has 0 bridgehead atoms. The van der Waals surface area contributed by atoms with Gasteiger partial charge in [-0.15, -0.1) is 11.3 Å². The molecule has 1 aliphatic heterocycles. The van der Waals surface area contributed by atoms with Gasteiger partial charge in [-0.05, 0) is 55.1 Å². The van der Waals surface area contributed by atoms with E-state index in [0.29, 0.717) is 36.1 Å². The monoisotopic (exact) mass is 423 g/mol. The van der Waals surface area contributed by atoms with Crippen LogP contribution < -0.4 is 10.2 Å². The third kappa shape index (κ3) is 4.47. The maximum absolute atomic E-state index is 13.1. The van der Waals surface area contributed by atoms with Crippen LogP contribution in [0, 0.1) is 0 Å². The van der Waals surface area contributed by atoms with Crippen LogP contribution in [0.4, 0.5) is 5.69 Å². The van der Waals surface area contributed by atoms with Crippen LogP contribution in [0.2, 0.25) is 0 Å². The molecule has 7 heteroatoms. The molecule has 4 rings (SSSR count). The molecule has 2 amide bonds. The Morgan fingerprint density at radius 2 is 2.07 bits per heavy atom. The fourth-order valence-corrected chi connectivity index (χ4v) is 4.76. The van der Waals surface area contributed by atoms with Gasteiger partial charge in [-0.25, -0.2) is 0 Å². The molecule has 3 heterocycles. The zero-order valence-electron chi connectivity index (χ0n) is 16.9. The van der Waals surface area contributed by atoms with E-state index in [2.05, 4.69) is 27.7 Å². The third-order valence-electron chi connectivity index (χ3n) is 5.46. The number of para-hydroxylation sites is 1. The number of nitrogens with one attached hydrogen (secondary N) is 1. The topological polar surface area (TPSA) is 65.8 Å². The number of amides is 2. The largest absolute Gasteiger partial charge is 0.467 e. The van der Waals surface area contributed by atoms with Crippen molar-refractivity contribution in [1.82, 2.24) is 10.2 Å². The van der Waals surface area contributed by atoms with E-state index in [1.165, 1.54) is 4.88 Å². The minimum atomic E-state index is -0.237. The number of carbonyl (C=O) groups excluding carboxylic acids is 2. The molecule has 1 aromatic carbocycles. The first kappa shape index (κ1) is 20.4. The summed E-state index contributed by atoms with van der Waals surface area (Å²) in [6.07, 6.45) is 3.73. The van der Waals surface area contributed by atoms with Gasteiger partial charge in [0.2, 0.25) is 5.91 Å². The van der Waals surface area contributed by atoms with Gasteiger partial charge < -0.3 is 14.6 Å². The smallest absolute Gasteiger partial charge is 0.253 e. The molecule has 0 radical (unpaired) electrons. The number of hydrogen-bond acceptors (Lipinski definition) is 5. The van der Waals surface area contributed by atoms with Gasteiger partial charge in [0.05, 0.1) is 30.6 Å². The molecule has 156 valence electrons. The zero-order valence-corrected chi connectivity index (χ0v) is 17.7. The minimum absolute atomic E-state index is 0.0234. The number of benzene rings is 1. The van der Waals surface area contributed by atoms with Gasteiger partial charge in [-0.2, -0.15) is 0 Å². The molecule has 1 saturated heterocycles. The van der Waals surface area contributed by atoms with Crippen molar-refractivity contribution in [2.45, 2.75) is 25.4 Å². The molecule has 30 heavy (non-hydrogen) atoms. The highest BCUT2D eigenvalue weighted by molar-refractivity contribution is 7.10. The van der Waals surface area contributed by atoms with Gasteiger partial charge in [0.1, 0.15) is 5.76 Å². The lowest BCUT2D eigenvalue weighted by Gasteiger charge is -2.27.